The van der Waals surface area contributed by atoms with Gasteiger partial charge in [0.1, 0.15) is 18.8 Å². The number of aliphatic hydroxyl groups excluding tert-OH is 3. The van der Waals surface area contributed by atoms with Crippen molar-refractivity contribution in [1.82, 2.24) is 0 Å². The summed E-state index contributed by atoms with van der Waals surface area (Å²) in [5.74, 6) is -1.46. The molecule has 0 aliphatic carbocycles. The van der Waals surface area contributed by atoms with Gasteiger partial charge in [-0.05, 0) is 6.42 Å². The molecule has 0 aromatic rings. The van der Waals surface area contributed by atoms with Crippen LogP contribution in [0.15, 0.2) is 0 Å². The zero-order valence-electron chi connectivity index (χ0n) is 7.80. The summed E-state index contributed by atoms with van der Waals surface area (Å²) in [5, 5.41) is 28.0. The van der Waals surface area contributed by atoms with Gasteiger partial charge in [-0.1, -0.05) is 6.92 Å². The van der Waals surface area contributed by atoms with Crippen molar-refractivity contribution in [1.29, 1.82) is 0 Å². The normalized spacial score (nSPS) is 45.5. The molecule has 13 heavy (non-hydrogen) atoms. The second-order valence-corrected chi connectivity index (χ2v) is 3.17. The van der Waals surface area contributed by atoms with Crippen LogP contribution < -0.4 is 0 Å². The van der Waals surface area contributed by atoms with Crippen molar-refractivity contribution < 1.29 is 24.8 Å². The molecule has 0 aromatic heterocycles. The summed E-state index contributed by atoms with van der Waals surface area (Å²) >= 11 is 0. The summed E-state index contributed by atoms with van der Waals surface area (Å²) in [7, 11) is 1.32. The molecular formula is C8H16O5. The molecule has 4 atom stereocenters. The quantitative estimate of drug-likeness (QED) is 0.526. The Hall–Kier alpha value is -0.200. The Morgan fingerprint density at radius 1 is 1.46 bits per heavy atom. The molecule has 5 heteroatoms. The third-order valence-corrected chi connectivity index (χ3v) is 2.47. The molecule has 0 bridgehead atoms. The van der Waals surface area contributed by atoms with Crippen LogP contribution in [0.3, 0.4) is 0 Å². The van der Waals surface area contributed by atoms with Gasteiger partial charge in [0, 0.05) is 7.11 Å². The second kappa shape index (κ2) is 3.89. The molecule has 1 saturated heterocycles. The van der Waals surface area contributed by atoms with E-state index in [1.807, 2.05) is 6.92 Å². The number of hydrogen-bond donors (Lipinski definition) is 3. The molecule has 0 spiro atoms. The van der Waals surface area contributed by atoms with E-state index in [0.29, 0.717) is 6.42 Å². The second-order valence-electron chi connectivity index (χ2n) is 3.17. The van der Waals surface area contributed by atoms with Crippen LogP contribution in [0.2, 0.25) is 0 Å². The van der Waals surface area contributed by atoms with E-state index in [4.69, 9.17) is 14.6 Å². The van der Waals surface area contributed by atoms with Gasteiger partial charge in [-0.15, -0.1) is 0 Å². The summed E-state index contributed by atoms with van der Waals surface area (Å²) in [6, 6.07) is 0. The van der Waals surface area contributed by atoms with Gasteiger partial charge in [0.2, 0.25) is 5.79 Å². The van der Waals surface area contributed by atoms with Crippen LogP contribution in [0.25, 0.3) is 0 Å². The van der Waals surface area contributed by atoms with Crippen LogP contribution in [-0.2, 0) is 9.47 Å². The maximum Gasteiger partial charge on any atom is 0.221 e. The number of aliphatic hydroxyl groups is 3. The first kappa shape index (κ1) is 10.9. The monoisotopic (exact) mass is 192 g/mol. The van der Waals surface area contributed by atoms with Crippen LogP contribution in [-0.4, -0.2) is 53.1 Å². The van der Waals surface area contributed by atoms with Crippen LogP contribution >= 0.6 is 0 Å². The fourth-order valence-corrected chi connectivity index (χ4v) is 1.55. The Balaban J connectivity index is 2.79. The van der Waals surface area contributed by atoms with Gasteiger partial charge >= 0.3 is 0 Å². The molecule has 1 heterocycles. The van der Waals surface area contributed by atoms with Crippen molar-refractivity contribution in [3.63, 3.8) is 0 Å². The average molecular weight is 192 g/mol. The van der Waals surface area contributed by atoms with Crippen LogP contribution in [0.5, 0.6) is 0 Å². The number of methoxy groups -OCH3 is 1. The van der Waals surface area contributed by atoms with Crippen molar-refractivity contribution in [3.05, 3.63) is 0 Å². The average Bonchev–Trinajstić information content (AvgIpc) is 2.42. The summed E-state index contributed by atoms with van der Waals surface area (Å²) in [6.07, 6.45) is -2.13. The van der Waals surface area contributed by atoms with Gasteiger partial charge in [-0.25, -0.2) is 0 Å². The highest BCUT2D eigenvalue weighted by Crippen LogP contribution is 2.32. The molecular weight excluding hydrogens is 176 g/mol. The summed E-state index contributed by atoms with van der Waals surface area (Å²) in [4.78, 5) is 0. The van der Waals surface area contributed by atoms with E-state index in [1.165, 1.54) is 7.11 Å². The maximum absolute atomic E-state index is 9.55. The molecule has 3 N–H and O–H groups in total. The lowest BCUT2D eigenvalue weighted by atomic mass is 10.0. The van der Waals surface area contributed by atoms with Gasteiger partial charge in [0.25, 0.3) is 0 Å². The van der Waals surface area contributed by atoms with Crippen molar-refractivity contribution in [2.24, 2.45) is 0 Å². The Morgan fingerprint density at radius 2 is 2.08 bits per heavy atom. The maximum atomic E-state index is 9.55. The predicted octanol–water partition coefficient (Wildman–Crippen LogP) is -1.15. The zero-order valence-corrected chi connectivity index (χ0v) is 7.80. The number of hydrogen-bond acceptors (Lipinski definition) is 5. The van der Waals surface area contributed by atoms with E-state index in [-0.39, 0.29) is 0 Å². The summed E-state index contributed by atoms with van der Waals surface area (Å²) in [6.45, 7) is 1.35. The first-order valence-corrected chi connectivity index (χ1v) is 4.31. The molecule has 1 fully saturated rings. The molecule has 1 aliphatic heterocycles. The fraction of sp³-hybridized carbons (Fsp3) is 1.00. The Bertz CT molecular complexity index is 168. The van der Waals surface area contributed by atoms with Crippen molar-refractivity contribution >= 4 is 0 Å². The van der Waals surface area contributed by atoms with Gasteiger partial charge in [0.15, 0.2) is 0 Å². The van der Waals surface area contributed by atoms with Crippen LogP contribution in [0.4, 0.5) is 0 Å². The minimum atomic E-state index is -1.46. The Kier molecular flexibility index (Phi) is 3.26. The molecule has 1 rings (SSSR count). The minimum absolute atomic E-state index is 0.474. The van der Waals surface area contributed by atoms with E-state index in [2.05, 4.69) is 0 Å². The van der Waals surface area contributed by atoms with E-state index in [0.717, 1.165) is 0 Å². The third-order valence-electron chi connectivity index (χ3n) is 2.47. The topological polar surface area (TPSA) is 79.2 Å². The Morgan fingerprint density at radius 3 is 2.31 bits per heavy atom. The number of rotatable bonds is 3. The first-order valence-electron chi connectivity index (χ1n) is 4.31. The van der Waals surface area contributed by atoms with Gasteiger partial charge < -0.3 is 24.8 Å². The molecule has 0 amide bonds. The molecule has 1 unspecified atom stereocenters. The Labute approximate surface area is 76.9 Å². The smallest absolute Gasteiger partial charge is 0.221 e. The standard InChI is InChI=1S/C8H16O5/c1-3-5-6(10)7(11)8(4-9,12-2)13-5/h5-7,9-11H,3-4H2,1-2H3/t5-,6?,7+,8+/m0/s1. The molecule has 0 saturated carbocycles. The predicted molar refractivity (Wildman–Crippen MR) is 44.0 cm³/mol. The van der Waals surface area contributed by atoms with Crippen LogP contribution in [0.1, 0.15) is 13.3 Å². The van der Waals surface area contributed by atoms with Crippen molar-refractivity contribution in [3.8, 4) is 0 Å². The van der Waals surface area contributed by atoms with Gasteiger partial charge in [-0.2, -0.15) is 0 Å². The van der Waals surface area contributed by atoms with Crippen molar-refractivity contribution in [2.45, 2.75) is 37.4 Å². The summed E-state index contributed by atoms with van der Waals surface area (Å²) < 4.78 is 10.1. The fourth-order valence-electron chi connectivity index (χ4n) is 1.55. The number of ether oxygens (including phenoxy) is 2. The van der Waals surface area contributed by atoms with E-state index in [9.17, 15) is 10.2 Å². The highest BCUT2D eigenvalue weighted by Gasteiger charge is 2.53. The molecule has 78 valence electrons. The SMILES string of the molecule is CC[C@@H]1O[C@@](CO)(OC)[C@H](O)C1O. The first-order chi connectivity index (χ1) is 6.11. The minimum Gasteiger partial charge on any atom is -0.391 e. The van der Waals surface area contributed by atoms with E-state index in [1.54, 1.807) is 0 Å². The van der Waals surface area contributed by atoms with Gasteiger partial charge in [-0.3, -0.25) is 0 Å². The van der Waals surface area contributed by atoms with Gasteiger partial charge in [0.05, 0.1) is 6.10 Å². The lowest BCUT2D eigenvalue weighted by Crippen LogP contribution is -2.47. The molecule has 1 aliphatic rings. The summed E-state index contributed by atoms with van der Waals surface area (Å²) in [5.41, 5.74) is 0. The lowest BCUT2D eigenvalue weighted by Gasteiger charge is -2.27. The molecule has 0 aromatic carbocycles. The van der Waals surface area contributed by atoms with Crippen LogP contribution in [0, 0.1) is 0 Å². The zero-order chi connectivity index (χ0) is 10.1. The lowest BCUT2D eigenvalue weighted by molar-refractivity contribution is -0.261. The third kappa shape index (κ3) is 1.58. The van der Waals surface area contributed by atoms with Crippen molar-refractivity contribution in [2.75, 3.05) is 13.7 Å². The highest BCUT2D eigenvalue weighted by atomic mass is 16.7. The largest absolute Gasteiger partial charge is 0.391 e. The molecule has 0 radical (unpaired) electrons. The molecule has 5 nitrogen and oxygen atoms in total. The van der Waals surface area contributed by atoms with E-state index >= 15 is 0 Å². The highest BCUT2D eigenvalue weighted by molar-refractivity contribution is 4.95. The van der Waals surface area contributed by atoms with E-state index < -0.39 is 30.7 Å².